The molecule has 0 aliphatic carbocycles. The third-order valence-electron chi connectivity index (χ3n) is 4.28. The molecule has 0 saturated carbocycles. The van der Waals surface area contributed by atoms with Gasteiger partial charge >= 0.3 is 0 Å². The average Bonchev–Trinajstić information content (AvgIpc) is 3.02. The number of carbonyl (C=O) groups excluding carboxylic acids is 1. The molecule has 28 heavy (non-hydrogen) atoms. The molecule has 0 aliphatic heterocycles. The number of aromatic nitrogens is 2. The van der Waals surface area contributed by atoms with Gasteiger partial charge in [-0.05, 0) is 51.8 Å². The van der Waals surface area contributed by atoms with Crippen molar-refractivity contribution in [3.05, 3.63) is 88.4 Å². The highest BCUT2D eigenvalue weighted by Crippen LogP contribution is 2.16. The first-order valence-corrected chi connectivity index (χ1v) is 9.66. The zero-order chi connectivity index (χ0) is 19.9. The molecule has 6 heteroatoms. The Morgan fingerprint density at radius 3 is 2.71 bits per heavy atom. The molecule has 1 aromatic carbocycles. The van der Waals surface area contributed by atoms with Gasteiger partial charge in [-0.3, -0.25) is 9.78 Å². The van der Waals surface area contributed by atoms with Gasteiger partial charge in [-0.1, -0.05) is 18.2 Å². The van der Waals surface area contributed by atoms with Crippen molar-refractivity contribution in [1.29, 1.82) is 0 Å². The molecule has 2 heterocycles. The van der Waals surface area contributed by atoms with E-state index >= 15 is 0 Å². The highest BCUT2D eigenvalue weighted by atomic mass is 79.9. The van der Waals surface area contributed by atoms with Gasteiger partial charge in [0.1, 0.15) is 12.4 Å². The molecule has 0 aliphatic rings. The molecule has 0 unspecified atom stereocenters. The summed E-state index contributed by atoms with van der Waals surface area (Å²) < 4.78 is 8.75. The second-order valence-corrected chi connectivity index (χ2v) is 7.42. The first kappa shape index (κ1) is 19.9. The van der Waals surface area contributed by atoms with E-state index in [-0.39, 0.29) is 5.91 Å². The summed E-state index contributed by atoms with van der Waals surface area (Å²) in [6.45, 7) is 1.02. The molecule has 0 atom stereocenters. The van der Waals surface area contributed by atoms with Gasteiger partial charge in [0.25, 0.3) is 0 Å². The Hall–Kier alpha value is -2.86. The Balaban J connectivity index is 1.53. The van der Waals surface area contributed by atoms with E-state index < -0.39 is 0 Å². The molecule has 144 valence electrons. The summed E-state index contributed by atoms with van der Waals surface area (Å²) in [5, 5.41) is 0. The Bertz CT molecular complexity index is 950. The van der Waals surface area contributed by atoms with Crippen LogP contribution in [0, 0.1) is 0 Å². The SMILES string of the molecule is CN(Cc1cc(Br)cn1C)C(=O)/C=C/c1ccc(OCc2cccnc2)cc1. The number of hydrogen-bond donors (Lipinski definition) is 0. The zero-order valence-electron chi connectivity index (χ0n) is 15.9. The first-order chi connectivity index (χ1) is 13.5. The molecule has 0 radical (unpaired) electrons. The number of hydrogen-bond acceptors (Lipinski definition) is 3. The molecular weight excluding hydrogens is 418 g/mol. The fourth-order valence-corrected chi connectivity index (χ4v) is 3.24. The standard InChI is InChI=1S/C22H22BrN3O2/c1-25-14-19(23)12-20(25)15-26(2)22(27)10-7-17-5-8-21(9-6-17)28-16-18-4-3-11-24-13-18/h3-14H,15-16H2,1-2H3/b10-7+. The highest BCUT2D eigenvalue weighted by Gasteiger charge is 2.09. The maximum Gasteiger partial charge on any atom is 0.246 e. The molecule has 0 N–H and O–H groups in total. The summed E-state index contributed by atoms with van der Waals surface area (Å²) >= 11 is 3.45. The van der Waals surface area contributed by atoms with E-state index in [1.54, 1.807) is 30.4 Å². The average molecular weight is 440 g/mol. The van der Waals surface area contributed by atoms with Crippen LogP contribution in [0.15, 0.2) is 71.6 Å². The molecule has 0 saturated heterocycles. The lowest BCUT2D eigenvalue weighted by molar-refractivity contribution is -0.125. The summed E-state index contributed by atoms with van der Waals surface area (Å²) in [6.07, 6.45) is 8.89. The normalized spacial score (nSPS) is 11.0. The topological polar surface area (TPSA) is 47.4 Å². The Kier molecular flexibility index (Phi) is 6.66. The van der Waals surface area contributed by atoms with Gasteiger partial charge in [-0.15, -0.1) is 0 Å². The lowest BCUT2D eigenvalue weighted by Gasteiger charge is -2.15. The maximum absolute atomic E-state index is 12.4. The summed E-state index contributed by atoms with van der Waals surface area (Å²) in [6, 6.07) is 13.5. The van der Waals surface area contributed by atoms with E-state index in [9.17, 15) is 4.79 Å². The van der Waals surface area contributed by atoms with Crippen molar-refractivity contribution in [2.75, 3.05) is 7.05 Å². The molecule has 5 nitrogen and oxygen atoms in total. The van der Waals surface area contributed by atoms with Gasteiger partial charge in [0.2, 0.25) is 5.91 Å². The third-order valence-corrected chi connectivity index (χ3v) is 4.71. The van der Waals surface area contributed by atoms with Crippen LogP contribution in [0.25, 0.3) is 6.08 Å². The summed E-state index contributed by atoms with van der Waals surface area (Å²) in [4.78, 5) is 18.1. The van der Waals surface area contributed by atoms with E-state index in [0.717, 1.165) is 27.0 Å². The Morgan fingerprint density at radius 1 is 1.29 bits per heavy atom. The van der Waals surface area contributed by atoms with Crippen molar-refractivity contribution in [2.24, 2.45) is 7.05 Å². The molecule has 1 amide bonds. The van der Waals surface area contributed by atoms with E-state index in [1.807, 2.05) is 66.4 Å². The van der Waals surface area contributed by atoms with Crippen molar-refractivity contribution < 1.29 is 9.53 Å². The Labute approximate surface area is 173 Å². The van der Waals surface area contributed by atoms with Crippen LogP contribution in [0.3, 0.4) is 0 Å². The molecule has 0 spiro atoms. The van der Waals surface area contributed by atoms with Gasteiger partial charge < -0.3 is 14.2 Å². The van der Waals surface area contributed by atoms with Crippen molar-refractivity contribution in [3.8, 4) is 5.75 Å². The van der Waals surface area contributed by atoms with Crippen LogP contribution in [-0.2, 0) is 25.0 Å². The number of pyridine rings is 1. The third kappa shape index (κ3) is 5.57. The number of rotatable bonds is 7. The summed E-state index contributed by atoms with van der Waals surface area (Å²) in [5.41, 5.74) is 3.02. The van der Waals surface area contributed by atoms with E-state index in [2.05, 4.69) is 20.9 Å². The second-order valence-electron chi connectivity index (χ2n) is 6.51. The zero-order valence-corrected chi connectivity index (χ0v) is 17.5. The van der Waals surface area contributed by atoms with Gasteiger partial charge in [-0.2, -0.15) is 0 Å². The fourth-order valence-electron chi connectivity index (χ4n) is 2.66. The van der Waals surface area contributed by atoms with Gasteiger partial charge in [0, 0.05) is 54.5 Å². The quantitative estimate of drug-likeness (QED) is 0.511. The first-order valence-electron chi connectivity index (χ1n) is 8.87. The van der Waals surface area contributed by atoms with Crippen molar-refractivity contribution >= 4 is 27.9 Å². The largest absolute Gasteiger partial charge is 0.489 e. The lowest BCUT2D eigenvalue weighted by atomic mass is 10.2. The van der Waals surface area contributed by atoms with E-state index in [0.29, 0.717) is 13.2 Å². The molecule has 3 aromatic rings. The van der Waals surface area contributed by atoms with Gasteiger partial charge in [-0.25, -0.2) is 0 Å². The number of likely N-dealkylation sites (N-methyl/N-ethyl adjacent to an activating group) is 1. The van der Waals surface area contributed by atoms with Crippen LogP contribution in [-0.4, -0.2) is 27.4 Å². The molecule has 0 bridgehead atoms. The van der Waals surface area contributed by atoms with Gasteiger partial charge in [0.05, 0.1) is 6.54 Å². The van der Waals surface area contributed by atoms with Crippen LogP contribution < -0.4 is 4.74 Å². The van der Waals surface area contributed by atoms with Crippen LogP contribution >= 0.6 is 15.9 Å². The molecule has 2 aromatic heterocycles. The number of carbonyl (C=O) groups is 1. The van der Waals surface area contributed by atoms with Gasteiger partial charge in [0.15, 0.2) is 0 Å². The van der Waals surface area contributed by atoms with Crippen LogP contribution in [0.1, 0.15) is 16.8 Å². The number of nitrogens with zero attached hydrogens (tertiary/aromatic N) is 3. The number of halogens is 1. The summed E-state index contributed by atoms with van der Waals surface area (Å²) in [5.74, 6) is 0.730. The number of ether oxygens (including phenoxy) is 1. The number of amides is 1. The van der Waals surface area contributed by atoms with Crippen LogP contribution in [0.4, 0.5) is 0 Å². The predicted molar refractivity (Wildman–Crippen MR) is 114 cm³/mol. The minimum atomic E-state index is -0.0470. The molecule has 0 fully saturated rings. The monoisotopic (exact) mass is 439 g/mol. The van der Waals surface area contributed by atoms with Crippen molar-refractivity contribution in [1.82, 2.24) is 14.5 Å². The highest BCUT2D eigenvalue weighted by molar-refractivity contribution is 9.10. The number of aryl methyl sites for hydroxylation is 1. The lowest BCUT2D eigenvalue weighted by Crippen LogP contribution is -2.25. The van der Waals surface area contributed by atoms with Crippen molar-refractivity contribution in [2.45, 2.75) is 13.2 Å². The number of benzene rings is 1. The maximum atomic E-state index is 12.4. The summed E-state index contributed by atoms with van der Waals surface area (Å²) in [7, 11) is 3.76. The van der Waals surface area contributed by atoms with Crippen LogP contribution in [0.2, 0.25) is 0 Å². The minimum absolute atomic E-state index is 0.0470. The fraction of sp³-hybridized carbons (Fsp3) is 0.182. The Morgan fingerprint density at radius 2 is 2.07 bits per heavy atom. The molecule has 3 rings (SSSR count). The van der Waals surface area contributed by atoms with E-state index in [4.69, 9.17) is 4.74 Å². The van der Waals surface area contributed by atoms with Crippen molar-refractivity contribution in [3.63, 3.8) is 0 Å². The smallest absolute Gasteiger partial charge is 0.246 e. The predicted octanol–water partition coefficient (Wildman–Crippen LogP) is 4.43. The van der Waals surface area contributed by atoms with E-state index in [1.165, 1.54) is 0 Å². The molecular formula is C22H22BrN3O2. The van der Waals surface area contributed by atoms with Crippen LogP contribution in [0.5, 0.6) is 5.75 Å². The minimum Gasteiger partial charge on any atom is -0.489 e. The second kappa shape index (κ2) is 9.37.